The molecule has 0 aliphatic carbocycles. The number of ether oxygens (including phenoxy) is 1. The Morgan fingerprint density at radius 1 is 1.45 bits per heavy atom. The number of primary amides is 1. The Morgan fingerprint density at radius 2 is 2.05 bits per heavy atom. The third kappa shape index (κ3) is 3.59. The van der Waals surface area contributed by atoms with Gasteiger partial charge in [-0.15, -0.1) is 0 Å². The molecule has 0 aromatic heterocycles. The van der Waals surface area contributed by atoms with E-state index in [9.17, 15) is 14.9 Å². The standard InChI is InChI=1S/C13H19N3O4/c1-8(2)20-10-7-5-6-9(11(10)16(18)19)15-13(3,4)12(14)17/h5-8,15H,1-4H3,(H2,14,17). The minimum Gasteiger partial charge on any atom is -0.484 e. The lowest BCUT2D eigenvalue weighted by Gasteiger charge is -2.24. The van der Waals surface area contributed by atoms with Crippen molar-refractivity contribution in [2.45, 2.75) is 39.3 Å². The average Bonchev–Trinajstić information content (AvgIpc) is 2.26. The number of carbonyl (C=O) groups excluding carboxylic acids is 1. The van der Waals surface area contributed by atoms with Gasteiger partial charge >= 0.3 is 5.69 Å². The first-order chi connectivity index (χ1) is 9.15. The second kappa shape index (κ2) is 5.77. The molecule has 0 aliphatic heterocycles. The van der Waals surface area contributed by atoms with Crippen LogP contribution in [-0.4, -0.2) is 22.5 Å². The smallest absolute Gasteiger partial charge is 0.333 e. The third-order valence-electron chi connectivity index (χ3n) is 2.61. The van der Waals surface area contributed by atoms with Gasteiger partial charge in [-0.2, -0.15) is 0 Å². The van der Waals surface area contributed by atoms with Gasteiger partial charge in [0, 0.05) is 0 Å². The highest BCUT2D eigenvalue weighted by Crippen LogP contribution is 2.36. The number of benzene rings is 1. The maximum Gasteiger partial charge on any atom is 0.333 e. The van der Waals surface area contributed by atoms with E-state index in [1.54, 1.807) is 33.8 Å². The molecular formula is C13H19N3O4. The Bertz CT molecular complexity index is 526. The summed E-state index contributed by atoms with van der Waals surface area (Å²) >= 11 is 0. The summed E-state index contributed by atoms with van der Waals surface area (Å²) in [4.78, 5) is 22.0. The van der Waals surface area contributed by atoms with E-state index >= 15 is 0 Å². The number of nitrogens with two attached hydrogens (primary N) is 1. The van der Waals surface area contributed by atoms with Gasteiger partial charge in [0.25, 0.3) is 0 Å². The summed E-state index contributed by atoms with van der Waals surface area (Å²) in [5, 5.41) is 14.0. The van der Waals surface area contributed by atoms with Crippen molar-refractivity contribution in [3.63, 3.8) is 0 Å². The van der Waals surface area contributed by atoms with Crippen molar-refractivity contribution in [3.8, 4) is 5.75 Å². The van der Waals surface area contributed by atoms with Crippen molar-refractivity contribution in [2.75, 3.05) is 5.32 Å². The summed E-state index contributed by atoms with van der Waals surface area (Å²) in [6.07, 6.45) is -0.201. The highest BCUT2D eigenvalue weighted by Gasteiger charge is 2.30. The zero-order valence-electron chi connectivity index (χ0n) is 12.0. The van der Waals surface area contributed by atoms with E-state index in [0.29, 0.717) is 0 Å². The Hall–Kier alpha value is -2.31. The van der Waals surface area contributed by atoms with Gasteiger partial charge in [0.15, 0.2) is 5.75 Å². The van der Waals surface area contributed by atoms with Crippen LogP contribution in [0.25, 0.3) is 0 Å². The summed E-state index contributed by atoms with van der Waals surface area (Å²) in [5.74, 6) is -0.461. The molecule has 0 heterocycles. The van der Waals surface area contributed by atoms with Crippen LogP contribution in [0.15, 0.2) is 18.2 Å². The number of nitrogens with zero attached hydrogens (tertiary/aromatic N) is 1. The van der Waals surface area contributed by atoms with Gasteiger partial charge in [0.1, 0.15) is 11.2 Å². The average molecular weight is 281 g/mol. The van der Waals surface area contributed by atoms with E-state index in [0.717, 1.165) is 0 Å². The number of nitro benzene ring substituents is 1. The minimum atomic E-state index is -1.11. The van der Waals surface area contributed by atoms with E-state index in [-0.39, 0.29) is 23.2 Å². The lowest BCUT2D eigenvalue weighted by Crippen LogP contribution is -2.45. The van der Waals surface area contributed by atoms with Crippen LogP contribution >= 0.6 is 0 Å². The van der Waals surface area contributed by atoms with E-state index in [1.165, 1.54) is 12.1 Å². The molecule has 0 radical (unpaired) electrons. The first-order valence-electron chi connectivity index (χ1n) is 6.17. The molecule has 7 nitrogen and oxygen atoms in total. The molecule has 0 unspecified atom stereocenters. The van der Waals surface area contributed by atoms with Crippen LogP contribution < -0.4 is 15.8 Å². The fourth-order valence-corrected chi connectivity index (χ4v) is 1.56. The number of rotatable bonds is 6. The van der Waals surface area contributed by atoms with Gasteiger partial charge in [-0.05, 0) is 39.8 Å². The minimum absolute atomic E-state index is 0.148. The van der Waals surface area contributed by atoms with Crippen LogP contribution in [0.1, 0.15) is 27.7 Å². The molecule has 0 atom stereocenters. The number of carbonyl (C=O) groups is 1. The molecule has 1 rings (SSSR count). The van der Waals surface area contributed by atoms with E-state index in [1.807, 2.05) is 0 Å². The zero-order valence-corrected chi connectivity index (χ0v) is 12.0. The van der Waals surface area contributed by atoms with Crippen molar-refractivity contribution < 1.29 is 14.5 Å². The summed E-state index contributed by atoms with van der Waals surface area (Å²) < 4.78 is 5.42. The predicted octanol–water partition coefficient (Wildman–Crippen LogP) is 2.06. The molecule has 1 aromatic carbocycles. The molecule has 110 valence electrons. The summed E-state index contributed by atoms with van der Waals surface area (Å²) in [6, 6.07) is 4.64. The largest absolute Gasteiger partial charge is 0.484 e. The second-order valence-electron chi connectivity index (χ2n) is 5.19. The molecule has 1 aromatic rings. The lowest BCUT2D eigenvalue weighted by atomic mass is 10.0. The van der Waals surface area contributed by atoms with Gasteiger partial charge in [-0.25, -0.2) is 0 Å². The first kappa shape index (κ1) is 15.7. The maximum absolute atomic E-state index is 11.3. The monoisotopic (exact) mass is 281 g/mol. The van der Waals surface area contributed by atoms with Crippen LogP contribution in [0.3, 0.4) is 0 Å². The predicted molar refractivity (Wildman–Crippen MR) is 75.8 cm³/mol. The number of para-hydroxylation sites is 1. The van der Waals surface area contributed by atoms with Crippen molar-refractivity contribution in [3.05, 3.63) is 28.3 Å². The number of hydrogen-bond donors (Lipinski definition) is 2. The van der Waals surface area contributed by atoms with E-state index < -0.39 is 16.4 Å². The summed E-state index contributed by atoms with van der Waals surface area (Å²) in [6.45, 7) is 6.65. The van der Waals surface area contributed by atoms with E-state index in [2.05, 4.69) is 5.32 Å². The normalized spacial score (nSPS) is 11.2. The molecule has 0 aliphatic rings. The van der Waals surface area contributed by atoms with Crippen molar-refractivity contribution in [1.29, 1.82) is 0 Å². The highest BCUT2D eigenvalue weighted by atomic mass is 16.6. The maximum atomic E-state index is 11.3. The SMILES string of the molecule is CC(C)Oc1cccc(NC(C)(C)C(N)=O)c1[N+](=O)[O-]. The molecule has 0 saturated heterocycles. The molecule has 7 heteroatoms. The Balaban J connectivity index is 3.26. The topological polar surface area (TPSA) is 107 Å². The van der Waals surface area contributed by atoms with Crippen LogP contribution in [0.4, 0.5) is 11.4 Å². The Morgan fingerprint density at radius 3 is 2.50 bits per heavy atom. The molecule has 0 spiro atoms. The molecule has 0 saturated carbocycles. The van der Waals surface area contributed by atoms with Crippen molar-refractivity contribution in [1.82, 2.24) is 0 Å². The third-order valence-corrected chi connectivity index (χ3v) is 2.61. The molecule has 0 fully saturated rings. The van der Waals surface area contributed by atoms with Crippen LogP contribution in [0.5, 0.6) is 5.75 Å². The van der Waals surface area contributed by atoms with Crippen molar-refractivity contribution >= 4 is 17.3 Å². The Kier molecular flexibility index (Phi) is 4.54. The van der Waals surface area contributed by atoms with Gasteiger partial charge in [0.05, 0.1) is 11.0 Å². The highest BCUT2D eigenvalue weighted by molar-refractivity contribution is 5.88. The summed E-state index contributed by atoms with van der Waals surface area (Å²) in [5.41, 5.74) is 4.13. The van der Waals surface area contributed by atoms with Crippen LogP contribution in [-0.2, 0) is 4.79 Å². The number of anilines is 1. The van der Waals surface area contributed by atoms with Crippen molar-refractivity contribution in [2.24, 2.45) is 5.73 Å². The van der Waals surface area contributed by atoms with Gasteiger partial charge in [0.2, 0.25) is 5.91 Å². The van der Waals surface area contributed by atoms with Crippen LogP contribution in [0, 0.1) is 10.1 Å². The second-order valence-corrected chi connectivity index (χ2v) is 5.19. The molecule has 3 N–H and O–H groups in total. The zero-order chi connectivity index (χ0) is 15.5. The fourth-order valence-electron chi connectivity index (χ4n) is 1.56. The molecular weight excluding hydrogens is 262 g/mol. The number of nitro groups is 1. The molecule has 20 heavy (non-hydrogen) atoms. The fraction of sp³-hybridized carbons (Fsp3) is 0.462. The van der Waals surface area contributed by atoms with Gasteiger partial charge in [-0.3, -0.25) is 14.9 Å². The van der Waals surface area contributed by atoms with Gasteiger partial charge < -0.3 is 15.8 Å². The quantitative estimate of drug-likeness (QED) is 0.613. The number of hydrogen-bond acceptors (Lipinski definition) is 5. The first-order valence-corrected chi connectivity index (χ1v) is 6.17. The Labute approximate surface area is 117 Å². The lowest BCUT2D eigenvalue weighted by molar-refractivity contribution is -0.385. The van der Waals surface area contributed by atoms with Crippen LogP contribution in [0.2, 0.25) is 0 Å². The van der Waals surface area contributed by atoms with E-state index in [4.69, 9.17) is 10.5 Å². The number of amides is 1. The molecule has 0 bridgehead atoms. The molecule has 1 amide bonds. The van der Waals surface area contributed by atoms with Gasteiger partial charge in [-0.1, -0.05) is 6.07 Å². The summed E-state index contributed by atoms with van der Waals surface area (Å²) in [7, 11) is 0. The number of nitrogens with one attached hydrogen (secondary N) is 1.